The highest BCUT2D eigenvalue weighted by molar-refractivity contribution is 7.99. The molecular weight excluding hydrogens is 448 g/mol. The lowest BCUT2D eigenvalue weighted by Crippen LogP contribution is -2.35. The van der Waals surface area contributed by atoms with E-state index in [0.29, 0.717) is 42.2 Å². The highest BCUT2D eigenvalue weighted by atomic mass is 32.2. The van der Waals surface area contributed by atoms with Crippen molar-refractivity contribution in [1.82, 2.24) is 19.7 Å². The number of thioether (sulfide) groups is 1. The van der Waals surface area contributed by atoms with Gasteiger partial charge in [0.15, 0.2) is 28.6 Å². The first kappa shape index (κ1) is 22.3. The van der Waals surface area contributed by atoms with Crippen LogP contribution >= 0.6 is 11.8 Å². The van der Waals surface area contributed by atoms with Crippen molar-refractivity contribution in [2.75, 3.05) is 25.4 Å². The van der Waals surface area contributed by atoms with Crippen molar-refractivity contribution in [3.63, 3.8) is 0 Å². The number of amides is 1. The molecular formula is C26H26N4O3S. The van der Waals surface area contributed by atoms with Gasteiger partial charge in [0.1, 0.15) is 6.61 Å². The summed E-state index contributed by atoms with van der Waals surface area (Å²) >= 11 is 1.39. The van der Waals surface area contributed by atoms with Gasteiger partial charge in [-0.05, 0) is 29.7 Å². The minimum atomic E-state index is -0.379. The van der Waals surface area contributed by atoms with Gasteiger partial charge in [0, 0.05) is 19.6 Å². The van der Waals surface area contributed by atoms with E-state index in [1.54, 1.807) is 6.08 Å². The van der Waals surface area contributed by atoms with Crippen molar-refractivity contribution >= 4 is 23.2 Å². The van der Waals surface area contributed by atoms with Crippen LogP contribution in [0.1, 0.15) is 23.9 Å². The minimum absolute atomic E-state index is 0.0919. The molecule has 0 radical (unpaired) electrons. The van der Waals surface area contributed by atoms with E-state index in [9.17, 15) is 4.79 Å². The van der Waals surface area contributed by atoms with Crippen LogP contribution in [-0.4, -0.2) is 51.0 Å². The first-order valence-corrected chi connectivity index (χ1v) is 12.3. The average Bonchev–Trinajstić information content (AvgIpc) is 3.30. The fourth-order valence-electron chi connectivity index (χ4n) is 4.12. The molecule has 1 unspecified atom stereocenters. The Hall–Kier alpha value is -3.52. The Kier molecular flexibility index (Phi) is 6.67. The molecule has 3 aromatic rings. The summed E-state index contributed by atoms with van der Waals surface area (Å²) in [6, 6.07) is 17.9. The van der Waals surface area contributed by atoms with Crippen LogP contribution in [0.5, 0.6) is 11.5 Å². The van der Waals surface area contributed by atoms with Gasteiger partial charge in [-0.1, -0.05) is 66.4 Å². The molecule has 2 aliphatic heterocycles. The molecule has 5 rings (SSSR count). The molecule has 2 aromatic carbocycles. The van der Waals surface area contributed by atoms with Gasteiger partial charge in [-0.25, -0.2) is 0 Å². The molecule has 0 bridgehead atoms. The zero-order chi connectivity index (χ0) is 23.3. The number of hydrogen-bond acceptors (Lipinski definition) is 6. The monoisotopic (exact) mass is 474 g/mol. The summed E-state index contributed by atoms with van der Waals surface area (Å²) in [7, 11) is 0. The standard InChI is InChI=1S/C26H26N4O3S/c1-2-14-30-25(23-17-32-21-10-6-7-11-22(21)33-23)27-28-26(30)34-18-24(31)29-15-12-20(13-16-29)19-8-4-3-5-9-19/h2-12,23H,1,13-18H2. The SMILES string of the molecule is C=CCn1c(SCC(=O)N2CC=C(c3ccccc3)CC2)nnc1C1COc2ccccc2O1. The Morgan fingerprint density at radius 1 is 1.12 bits per heavy atom. The quantitative estimate of drug-likeness (QED) is 0.374. The largest absolute Gasteiger partial charge is 0.485 e. The Balaban J connectivity index is 1.23. The van der Waals surface area contributed by atoms with E-state index in [0.717, 1.165) is 18.7 Å². The third-order valence-electron chi connectivity index (χ3n) is 5.88. The normalized spacial score (nSPS) is 17.2. The summed E-state index contributed by atoms with van der Waals surface area (Å²) in [4.78, 5) is 14.8. The van der Waals surface area contributed by atoms with Crippen molar-refractivity contribution < 1.29 is 14.3 Å². The first-order chi connectivity index (χ1) is 16.7. The summed E-state index contributed by atoms with van der Waals surface area (Å²) in [5.41, 5.74) is 2.52. The van der Waals surface area contributed by atoms with E-state index in [1.165, 1.54) is 22.9 Å². The number of hydrogen-bond donors (Lipinski definition) is 0. The van der Waals surface area contributed by atoms with E-state index in [-0.39, 0.29) is 12.0 Å². The summed E-state index contributed by atoms with van der Waals surface area (Å²) < 4.78 is 13.9. The molecule has 1 amide bonds. The first-order valence-electron chi connectivity index (χ1n) is 11.3. The van der Waals surface area contributed by atoms with Crippen molar-refractivity contribution in [3.8, 4) is 11.5 Å². The van der Waals surface area contributed by atoms with Gasteiger partial charge in [-0.15, -0.1) is 16.8 Å². The van der Waals surface area contributed by atoms with Crippen LogP contribution in [0.4, 0.5) is 0 Å². The molecule has 0 N–H and O–H groups in total. The van der Waals surface area contributed by atoms with Gasteiger partial charge >= 0.3 is 0 Å². The predicted molar refractivity (Wildman–Crippen MR) is 132 cm³/mol. The van der Waals surface area contributed by atoms with Crippen molar-refractivity contribution in [3.05, 3.63) is 84.7 Å². The zero-order valence-corrected chi connectivity index (χ0v) is 19.6. The fourth-order valence-corrected chi connectivity index (χ4v) is 4.98. The lowest BCUT2D eigenvalue weighted by molar-refractivity contribution is -0.127. The maximum absolute atomic E-state index is 12.9. The van der Waals surface area contributed by atoms with Crippen molar-refractivity contribution in [2.45, 2.75) is 24.2 Å². The Morgan fingerprint density at radius 3 is 2.68 bits per heavy atom. The third kappa shape index (κ3) is 4.72. The van der Waals surface area contributed by atoms with Crippen LogP contribution in [0.25, 0.3) is 5.57 Å². The summed E-state index contributed by atoms with van der Waals surface area (Å²) in [5.74, 6) is 2.46. The van der Waals surface area contributed by atoms with Gasteiger partial charge in [-0.3, -0.25) is 9.36 Å². The molecule has 7 nitrogen and oxygen atoms in total. The number of rotatable bonds is 7. The number of benzene rings is 2. The molecule has 3 heterocycles. The number of carbonyl (C=O) groups is 1. The molecule has 1 atom stereocenters. The van der Waals surface area contributed by atoms with Crippen LogP contribution in [0.15, 0.2) is 78.5 Å². The van der Waals surface area contributed by atoms with Crippen LogP contribution in [0.3, 0.4) is 0 Å². The van der Waals surface area contributed by atoms with Crippen LogP contribution in [0, 0.1) is 0 Å². The Morgan fingerprint density at radius 2 is 1.91 bits per heavy atom. The Bertz CT molecular complexity index is 1210. The van der Waals surface area contributed by atoms with E-state index in [1.807, 2.05) is 51.9 Å². The van der Waals surface area contributed by atoms with Crippen LogP contribution in [0.2, 0.25) is 0 Å². The number of fused-ring (bicyclic) bond motifs is 1. The number of allylic oxidation sites excluding steroid dienone is 1. The van der Waals surface area contributed by atoms with Crippen molar-refractivity contribution in [2.24, 2.45) is 0 Å². The number of para-hydroxylation sites is 2. The molecule has 0 saturated heterocycles. The van der Waals surface area contributed by atoms with Crippen LogP contribution in [-0.2, 0) is 11.3 Å². The second kappa shape index (κ2) is 10.2. The van der Waals surface area contributed by atoms with E-state index in [2.05, 4.69) is 35.0 Å². The molecule has 0 aliphatic carbocycles. The summed E-state index contributed by atoms with van der Waals surface area (Å²) in [6.07, 6.45) is 4.42. The molecule has 8 heteroatoms. The van der Waals surface area contributed by atoms with Gasteiger partial charge in [-0.2, -0.15) is 0 Å². The summed E-state index contributed by atoms with van der Waals surface area (Å²) in [5, 5.41) is 9.38. The van der Waals surface area contributed by atoms with Gasteiger partial charge in [0.25, 0.3) is 0 Å². The zero-order valence-electron chi connectivity index (χ0n) is 18.8. The number of aromatic nitrogens is 3. The van der Waals surface area contributed by atoms with Crippen LogP contribution < -0.4 is 9.47 Å². The third-order valence-corrected chi connectivity index (χ3v) is 6.84. The molecule has 174 valence electrons. The fraction of sp³-hybridized carbons (Fsp3) is 0.269. The van der Waals surface area contributed by atoms with E-state index >= 15 is 0 Å². The van der Waals surface area contributed by atoms with E-state index in [4.69, 9.17) is 9.47 Å². The molecule has 2 aliphatic rings. The molecule has 1 aromatic heterocycles. The molecule has 0 saturated carbocycles. The average molecular weight is 475 g/mol. The number of carbonyl (C=O) groups excluding carboxylic acids is 1. The lowest BCUT2D eigenvalue weighted by Gasteiger charge is -2.27. The molecule has 0 spiro atoms. The molecule has 34 heavy (non-hydrogen) atoms. The second-order valence-corrected chi connectivity index (χ2v) is 9.02. The maximum Gasteiger partial charge on any atom is 0.233 e. The summed E-state index contributed by atoms with van der Waals surface area (Å²) in [6.45, 7) is 6.07. The Labute approximate surface area is 203 Å². The smallest absolute Gasteiger partial charge is 0.233 e. The molecule has 0 fully saturated rings. The topological polar surface area (TPSA) is 69.5 Å². The maximum atomic E-state index is 12.9. The van der Waals surface area contributed by atoms with Gasteiger partial charge in [0.2, 0.25) is 5.91 Å². The van der Waals surface area contributed by atoms with Crippen molar-refractivity contribution in [1.29, 1.82) is 0 Å². The predicted octanol–water partition coefficient (Wildman–Crippen LogP) is 4.38. The van der Waals surface area contributed by atoms with E-state index < -0.39 is 0 Å². The minimum Gasteiger partial charge on any atom is -0.485 e. The van der Waals surface area contributed by atoms with Gasteiger partial charge < -0.3 is 14.4 Å². The highest BCUT2D eigenvalue weighted by Gasteiger charge is 2.28. The number of ether oxygens (including phenoxy) is 2. The van der Waals surface area contributed by atoms with Gasteiger partial charge in [0.05, 0.1) is 5.75 Å². The lowest BCUT2D eigenvalue weighted by atomic mass is 10.00. The number of nitrogens with zero attached hydrogens (tertiary/aromatic N) is 4. The highest BCUT2D eigenvalue weighted by Crippen LogP contribution is 2.36. The second-order valence-electron chi connectivity index (χ2n) is 8.08.